The molecule has 28 heavy (non-hydrogen) atoms. The third-order valence-corrected chi connectivity index (χ3v) is 6.00. The molecule has 4 aromatic rings. The Morgan fingerprint density at radius 3 is 2.71 bits per heavy atom. The first-order valence-electron chi connectivity index (χ1n) is 8.60. The Kier molecular flexibility index (Phi) is 5.19. The Morgan fingerprint density at radius 2 is 1.93 bits per heavy atom. The predicted molar refractivity (Wildman–Crippen MR) is 116 cm³/mol. The number of anilines is 1. The number of nitrogens with zero attached hydrogens (tertiary/aromatic N) is 3. The van der Waals surface area contributed by atoms with Crippen LogP contribution in [-0.4, -0.2) is 25.8 Å². The first kappa shape index (κ1) is 19.1. The molecule has 0 aliphatic heterocycles. The molecular weight excluding hydrogens is 415 g/mol. The molecule has 0 bridgehead atoms. The third kappa shape index (κ3) is 3.55. The number of amides is 1. The minimum Gasteiger partial charge on any atom is -0.324 e. The molecule has 1 atom stereocenters. The van der Waals surface area contributed by atoms with Crippen LogP contribution in [0.1, 0.15) is 12.5 Å². The number of thioether (sulfide) groups is 1. The van der Waals surface area contributed by atoms with Gasteiger partial charge in [-0.05, 0) is 49.7 Å². The lowest BCUT2D eigenvalue weighted by molar-refractivity contribution is -0.115. The number of aryl methyl sites for hydroxylation is 1. The molecule has 2 aromatic carbocycles. The SMILES string of the molecule is Cc1cc2nnc(SC(C)C(=O)Nc3ccc(Cl)cc3Cl)n2c2ccccc12. The van der Waals surface area contributed by atoms with Gasteiger partial charge in [-0.1, -0.05) is 53.2 Å². The number of aromatic nitrogens is 3. The summed E-state index contributed by atoms with van der Waals surface area (Å²) in [5.41, 5.74) is 3.43. The number of hydrogen-bond donors (Lipinski definition) is 1. The van der Waals surface area contributed by atoms with Crippen molar-refractivity contribution in [3.05, 3.63) is 64.1 Å². The lowest BCUT2D eigenvalue weighted by Crippen LogP contribution is -2.22. The van der Waals surface area contributed by atoms with E-state index < -0.39 is 5.25 Å². The zero-order chi connectivity index (χ0) is 19.8. The minimum absolute atomic E-state index is 0.178. The maximum Gasteiger partial charge on any atom is 0.237 e. The maximum atomic E-state index is 12.6. The number of fused-ring (bicyclic) bond motifs is 3. The summed E-state index contributed by atoms with van der Waals surface area (Å²) in [6.45, 7) is 3.87. The fourth-order valence-corrected chi connectivity index (χ4v) is 4.31. The van der Waals surface area contributed by atoms with Crippen LogP contribution in [-0.2, 0) is 4.79 Å². The van der Waals surface area contributed by atoms with Gasteiger partial charge >= 0.3 is 0 Å². The summed E-state index contributed by atoms with van der Waals surface area (Å²) in [6.07, 6.45) is 0. The van der Waals surface area contributed by atoms with Gasteiger partial charge in [0.1, 0.15) is 0 Å². The second-order valence-corrected chi connectivity index (χ2v) is 8.55. The van der Waals surface area contributed by atoms with Crippen molar-refractivity contribution in [2.45, 2.75) is 24.3 Å². The number of rotatable bonds is 4. The number of carbonyl (C=O) groups excluding carboxylic acids is 1. The van der Waals surface area contributed by atoms with Crippen molar-refractivity contribution in [1.29, 1.82) is 0 Å². The average Bonchev–Trinajstić information content (AvgIpc) is 3.06. The molecule has 1 amide bonds. The van der Waals surface area contributed by atoms with Gasteiger partial charge in [-0.25, -0.2) is 0 Å². The standard InChI is InChI=1S/C20H16Cl2N4OS/c1-11-9-18-24-25-20(26(18)17-6-4-3-5-14(11)17)28-12(2)19(27)23-16-8-7-13(21)10-15(16)22/h3-10,12H,1-2H3,(H,23,27). The van der Waals surface area contributed by atoms with E-state index in [0.717, 1.165) is 22.1 Å². The van der Waals surface area contributed by atoms with Crippen molar-refractivity contribution in [3.63, 3.8) is 0 Å². The average molecular weight is 431 g/mol. The molecule has 0 saturated heterocycles. The van der Waals surface area contributed by atoms with Crippen LogP contribution < -0.4 is 5.32 Å². The number of carbonyl (C=O) groups is 1. The zero-order valence-corrected chi connectivity index (χ0v) is 17.4. The van der Waals surface area contributed by atoms with Crippen LogP contribution in [0.15, 0.2) is 53.7 Å². The molecule has 2 heterocycles. The molecule has 0 fully saturated rings. The lowest BCUT2D eigenvalue weighted by atomic mass is 10.1. The van der Waals surface area contributed by atoms with E-state index >= 15 is 0 Å². The van der Waals surface area contributed by atoms with E-state index in [4.69, 9.17) is 23.2 Å². The summed E-state index contributed by atoms with van der Waals surface area (Å²) < 4.78 is 1.98. The Bertz CT molecular complexity index is 1210. The van der Waals surface area contributed by atoms with Gasteiger partial charge in [0.15, 0.2) is 10.8 Å². The molecule has 5 nitrogen and oxygen atoms in total. The first-order chi connectivity index (χ1) is 13.4. The highest BCUT2D eigenvalue weighted by molar-refractivity contribution is 8.00. The Labute approximate surface area is 176 Å². The zero-order valence-electron chi connectivity index (χ0n) is 15.1. The summed E-state index contributed by atoms with van der Waals surface area (Å²) in [5.74, 6) is -0.178. The predicted octanol–water partition coefficient (Wildman–Crippen LogP) is 5.62. The van der Waals surface area contributed by atoms with Gasteiger partial charge in [0.05, 0.1) is 21.5 Å². The number of para-hydroxylation sites is 1. The van der Waals surface area contributed by atoms with E-state index in [1.807, 2.05) is 35.6 Å². The van der Waals surface area contributed by atoms with Crippen LogP contribution in [0.4, 0.5) is 5.69 Å². The van der Waals surface area contributed by atoms with Gasteiger partial charge in [-0.3, -0.25) is 9.20 Å². The highest BCUT2D eigenvalue weighted by atomic mass is 35.5. The van der Waals surface area contributed by atoms with Crippen LogP contribution in [0, 0.1) is 6.92 Å². The molecule has 0 spiro atoms. The van der Waals surface area contributed by atoms with Gasteiger partial charge in [-0.2, -0.15) is 0 Å². The molecule has 0 aliphatic rings. The molecule has 1 unspecified atom stereocenters. The summed E-state index contributed by atoms with van der Waals surface area (Å²) in [6, 6.07) is 15.0. The van der Waals surface area contributed by atoms with Gasteiger partial charge in [0, 0.05) is 10.4 Å². The molecule has 0 aliphatic carbocycles. The van der Waals surface area contributed by atoms with Gasteiger partial charge in [0.25, 0.3) is 0 Å². The van der Waals surface area contributed by atoms with E-state index in [9.17, 15) is 4.79 Å². The summed E-state index contributed by atoms with van der Waals surface area (Å²) >= 11 is 13.4. The molecule has 0 radical (unpaired) electrons. The second kappa shape index (κ2) is 7.62. The Hall–Kier alpha value is -2.28. The quantitative estimate of drug-likeness (QED) is 0.427. The van der Waals surface area contributed by atoms with Crippen LogP contribution in [0.5, 0.6) is 0 Å². The largest absolute Gasteiger partial charge is 0.324 e. The minimum atomic E-state index is -0.404. The summed E-state index contributed by atoms with van der Waals surface area (Å²) in [7, 11) is 0. The van der Waals surface area contributed by atoms with Gasteiger partial charge < -0.3 is 5.32 Å². The fraction of sp³-hybridized carbons (Fsp3) is 0.150. The monoisotopic (exact) mass is 430 g/mol. The smallest absolute Gasteiger partial charge is 0.237 e. The van der Waals surface area contributed by atoms with E-state index in [1.54, 1.807) is 18.2 Å². The molecule has 2 aromatic heterocycles. The second-order valence-electron chi connectivity index (χ2n) is 6.39. The molecule has 142 valence electrons. The van der Waals surface area contributed by atoms with Crippen molar-refractivity contribution in [2.75, 3.05) is 5.32 Å². The van der Waals surface area contributed by atoms with Gasteiger partial charge in [-0.15, -0.1) is 10.2 Å². The number of halogens is 2. The maximum absolute atomic E-state index is 12.6. The molecule has 8 heteroatoms. The van der Waals surface area contributed by atoms with Crippen molar-refractivity contribution in [2.24, 2.45) is 0 Å². The van der Waals surface area contributed by atoms with E-state index in [-0.39, 0.29) is 5.91 Å². The lowest BCUT2D eigenvalue weighted by Gasteiger charge is -2.13. The number of pyridine rings is 1. The highest BCUT2D eigenvalue weighted by Gasteiger charge is 2.20. The van der Waals surface area contributed by atoms with Crippen molar-refractivity contribution in [3.8, 4) is 0 Å². The highest BCUT2D eigenvalue weighted by Crippen LogP contribution is 2.30. The van der Waals surface area contributed by atoms with Gasteiger partial charge in [0.2, 0.25) is 5.91 Å². The van der Waals surface area contributed by atoms with E-state index in [1.165, 1.54) is 11.8 Å². The normalized spacial score (nSPS) is 12.4. The number of hydrogen-bond acceptors (Lipinski definition) is 4. The number of benzene rings is 2. The van der Waals surface area contributed by atoms with Crippen molar-refractivity contribution >= 4 is 63.1 Å². The topological polar surface area (TPSA) is 59.3 Å². The first-order valence-corrected chi connectivity index (χ1v) is 10.2. The fourth-order valence-electron chi connectivity index (χ4n) is 2.99. The molecule has 0 saturated carbocycles. The number of nitrogens with one attached hydrogen (secondary N) is 1. The van der Waals surface area contributed by atoms with Crippen LogP contribution in [0.25, 0.3) is 16.6 Å². The Morgan fingerprint density at radius 1 is 1.14 bits per heavy atom. The molecule has 1 N–H and O–H groups in total. The Balaban J connectivity index is 1.62. The molecular formula is C20H16Cl2N4OS. The van der Waals surface area contributed by atoms with E-state index in [2.05, 4.69) is 28.5 Å². The van der Waals surface area contributed by atoms with Crippen LogP contribution in [0.3, 0.4) is 0 Å². The van der Waals surface area contributed by atoms with E-state index in [0.29, 0.717) is 20.9 Å². The van der Waals surface area contributed by atoms with Crippen LogP contribution >= 0.6 is 35.0 Å². The van der Waals surface area contributed by atoms with Crippen molar-refractivity contribution in [1.82, 2.24) is 14.6 Å². The van der Waals surface area contributed by atoms with Crippen LogP contribution in [0.2, 0.25) is 10.0 Å². The van der Waals surface area contributed by atoms with Crippen molar-refractivity contribution < 1.29 is 4.79 Å². The summed E-state index contributed by atoms with van der Waals surface area (Å²) in [4.78, 5) is 12.6. The molecule has 4 rings (SSSR count). The summed E-state index contributed by atoms with van der Waals surface area (Å²) in [5, 5.41) is 13.7. The third-order valence-electron chi connectivity index (χ3n) is 4.41.